The van der Waals surface area contributed by atoms with Crippen molar-refractivity contribution in [2.24, 2.45) is 14.1 Å². The van der Waals surface area contributed by atoms with Gasteiger partial charge in [0.2, 0.25) is 5.91 Å². The Labute approximate surface area is 507 Å². The molecule has 3 unspecified atom stereocenters. The zero-order valence-corrected chi connectivity index (χ0v) is 49.4. The molecule has 4 amide bonds. The summed E-state index contributed by atoms with van der Waals surface area (Å²) in [7, 11) is 3.56. The summed E-state index contributed by atoms with van der Waals surface area (Å²) in [6.07, 6.45) is 23.7. The Morgan fingerprint density at radius 2 is 1.00 bits per heavy atom. The summed E-state index contributed by atoms with van der Waals surface area (Å²) in [6, 6.07) is 0.317. The Kier molecular flexibility index (Phi) is 17.5. The van der Waals surface area contributed by atoms with Crippen LogP contribution in [0.2, 0.25) is 0 Å². The summed E-state index contributed by atoms with van der Waals surface area (Å²) in [5.41, 5.74) is 6.47. The molecular formula is C62H72F3N19O4. The molecule has 6 aromatic rings. The Bertz CT molecular complexity index is 3770. The maximum Gasteiger partial charge on any atom is 0.255 e. The van der Waals surface area contributed by atoms with E-state index in [1.165, 1.54) is 6.08 Å². The molecule has 7 N–H and O–H groups in total. The van der Waals surface area contributed by atoms with Crippen LogP contribution in [0, 0.1) is 17.5 Å². The first-order valence-corrected chi connectivity index (χ1v) is 29.6. The zero-order chi connectivity index (χ0) is 61.9. The lowest BCUT2D eigenvalue weighted by molar-refractivity contribution is -0.126. The highest BCUT2D eigenvalue weighted by molar-refractivity contribution is 6.05. The van der Waals surface area contributed by atoms with Gasteiger partial charge in [0.15, 0.2) is 34.9 Å². The van der Waals surface area contributed by atoms with Crippen LogP contribution in [-0.4, -0.2) is 140 Å². The topological polar surface area (TPSA) is 254 Å². The van der Waals surface area contributed by atoms with E-state index >= 15 is 13.2 Å². The minimum absolute atomic E-state index is 0.0109. The van der Waals surface area contributed by atoms with Crippen LogP contribution in [0.4, 0.5) is 42.1 Å². The van der Waals surface area contributed by atoms with Crippen LogP contribution in [-0.2, 0) is 38.5 Å². The third kappa shape index (κ3) is 12.7. The number of aryl methyl sites for hydroxylation is 2. The quantitative estimate of drug-likeness (QED) is 0.0364. The van der Waals surface area contributed by atoms with Gasteiger partial charge in [0.1, 0.15) is 5.82 Å². The van der Waals surface area contributed by atoms with Crippen LogP contribution in [0.25, 0.3) is 22.5 Å². The number of amides is 4. The summed E-state index contributed by atoms with van der Waals surface area (Å²) in [5.74, 6) is -1.84. The van der Waals surface area contributed by atoms with E-state index in [0.29, 0.717) is 82.9 Å². The van der Waals surface area contributed by atoms with Gasteiger partial charge in [-0.15, -0.1) is 0 Å². The minimum Gasteiger partial charge on any atom is -0.370 e. The molecule has 460 valence electrons. The summed E-state index contributed by atoms with van der Waals surface area (Å²) in [5, 5.41) is 33.5. The highest BCUT2D eigenvalue weighted by Gasteiger charge is 2.36. The molecule has 6 aliphatic heterocycles. The van der Waals surface area contributed by atoms with Gasteiger partial charge in [-0.3, -0.25) is 33.2 Å². The van der Waals surface area contributed by atoms with Gasteiger partial charge < -0.3 is 51.9 Å². The number of nitrogens with zero attached hydrogens (tertiary/aromatic N) is 12. The largest absolute Gasteiger partial charge is 0.370 e. The molecule has 0 bridgehead atoms. The SMILES string of the molecule is C=CC(=C)N1CCCC(Nc2nc(-c3cnn(C4CC4)c3)c3c(c2F)CNC3=O)C1.C=CC(=C)N1CCCC(Nc2nc(Nc3cnn(C)c3)c3c(c2F)CNC3=O)C1.C=CC(=O)N1CCCCC(Nc2nc(-c3cnn(C)c3)c3c(c2F)CNC3=O)C1. The third-order valence-electron chi connectivity index (χ3n) is 16.7. The lowest BCUT2D eigenvalue weighted by atomic mass is 10.0. The van der Waals surface area contributed by atoms with E-state index in [2.05, 4.69) is 110 Å². The first kappa shape index (κ1) is 60.0. The van der Waals surface area contributed by atoms with E-state index in [9.17, 15) is 19.2 Å². The van der Waals surface area contributed by atoms with Crippen LogP contribution in [0.3, 0.4) is 0 Å². The number of halogens is 3. The highest BCUT2D eigenvalue weighted by Crippen LogP contribution is 2.39. The monoisotopic (exact) mass is 1200 g/mol. The van der Waals surface area contributed by atoms with Crippen LogP contribution < -0.4 is 37.2 Å². The molecule has 1 aliphatic carbocycles. The zero-order valence-electron chi connectivity index (χ0n) is 49.4. The van der Waals surface area contributed by atoms with Crippen molar-refractivity contribution in [1.29, 1.82) is 0 Å². The van der Waals surface area contributed by atoms with Gasteiger partial charge in [-0.2, -0.15) is 15.3 Å². The smallest absolute Gasteiger partial charge is 0.255 e. The molecule has 0 aromatic carbocycles. The van der Waals surface area contributed by atoms with Gasteiger partial charge in [0, 0.05) is 149 Å². The molecule has 6 aromatic heterocycles. The molecule has 0 spiro atoms. The normalized spacial score (nSPS) is 19.2. The highest BCUT2D eigenvalue weighted by atomic mass is 19.1. The summed E-state index contributed by atoms with van der Waals surface area (Å²) in [6.45, 7) is 23.9. The van der Waals surface area contributed by atoms with E-state index < -0.39 is 17.5 Å². The predicted octanol–water partition coefficient (Wildman–Crippen LogP) is 7.60. The van der Waals surface area contributed by atoms with Crippen molar-refractivity contribution in [3.63, 3.8) is 0 Å². The number of fused-ring (bicyclic) bond motifs is 3. The van der Waals surface area contributed by atoms with E-state index in [-0.39, 0.29) is 90.0 Å². The molecule has 23 nitrogen and oxygen atoms in total. The molecule has 26 heteroatoms. The van der Waals surface area contributed by atoms with Gasteiger partial charge in [0.25, 0.3) is 17.7 Å². The molecule has 0 radical (unpaired) electrons. The average molecular weight is 1200 g/mol. The first-order chi connectivity index (χ1) is 42.5. The summed E-state index contributed by atoms with van der Waals surface area (Å²) < 4.78 is 50.8. The predicted molar refractivity (Wildman–Crippen MR) is 327 cm³/mol. The summed E-state index contributed by atoms with van der Waals surface area (Å²) >= 11 is 0. The van der Waals surface area contributed by atoms with Crippen molar-refractivity contribution in [3.8, 4) is 22.5 Å². The van der Waals surface area contributed by atoms with Crippen molar-refractivity contribution in [3.05, 3.63) is 151 Å². The number of nitrogens with one attached hydrogen (secondary N) is 7. The molecule has 1 saturated carbocycles. The van der Waals surface area contributed by atoms with Gasteiger partial charge >= 0.3 is 0 Å². The molecule has 3 saturated heterocycles. The van der Waals surface area contributed by atoms with Crippen molar-refractivity contribution >= 4 is 52.6 Å². The number of hydrogen-bond acceptors (Lipinski definition) is 16. The number of aromatic nitrogens is 9. The Balaban J connectivity index is 0.000000136. The number of likely N-dealkylation sites (tertiary alicyclic amines) is 3. The summed E-state index contributed by atoms with van der Waals surface area (Å²) in [4.78, 5) is 68.5. The maximum absolute atomic E-state index is 15.3. The lowest BCUT2D eigenvalue weighted by Gasteiger charge is -2.35. The van der Waals surface area contributed by atoms with E-state index in [1.807, 2.05) is 10.9 Å². The number of carbonyl (C=O) groups excluding carboxylic acids is 4. The van der Waals surface area contributed by atoms with Crippen LogP contribution in [0.1, 0.15) is 112 Å². The minimum atomic E-state index is -0.531. The van der Waals surface area contributed by atoms with Gasteiger partial charge in [-0.1, -0.05) is 32.9 Å². The average Bonchev–Trinajstić information content (AvgIpc) is 1.78. The lowest BCUT2D eigenvalue weighted by Crippen LogP contribution is -2.41. The van der Waals surface area contributed by atoms with Crippen molar-refractivity contribution in [2.45, 2.75) is 102 Å². The van der Waals surface area contributed by atoms with Crippen molar-refractivity contribution < 1.29 is 32.3 Å². The molecule has 3 atom stereocenters. The Hall–Kier alpha value is -9.75. The second-order valence-electron chi connectivity index (χ2n) is 22.9. The Morgan fingerprint density at radius 1 is 0.545 bits per heavy atom. The van der Waals surface area contributed by atoms with Crippen LogP contribution in [0.15, 0.2) is 99.7 Å². The molecule has 4 fully saturated rings. The van der Waals surface area contributed by atoms with Gasteiger partial charge in [0.05, 0.1) is 58.4 Å². The number of anilines is 5. The van der Waals surface area contributed by atoms with Crippen LogP contribution >= 0.6 is 0 Å². The van der Waals surface area contributed by atoms with E-state index in [0.717, 1.165) is 87.8 Å². The molecule has 88 heavy (non-hydrogen) atoms. The number of piperidine rings is 2. The van der Waals surface area contributed by atoms with E-state index in [4.69, 9.17) is 0 Å². The fourth-order valence-electron chi connectivity index (χ4n) is 11.9. The molecule has 7 aliphatic rings. The molecule has 12 heterocycles. The van der Waals surface area contributed by atoms with Crippen LogP contribution in [0.5, 0.6) is 0 Å². The standard InChI is InChI=1S/C22H25FN6O.C20H24FN7O.C20H23FN6O2/c1-3-13(2)28-8-4-5-15(12-28)26-21-19(23)17-10-24-22(30)18(17)20(27-21)14-9-25-29(11-14)16-6-7-16;1-4-12(2)28-7-5-6-13(11-28)24-19-17(21)15-9-22-20(29)16(15)18(26-19)25-14-8-23-27(3)10-14;1-3-15(28)27-7-5-4-6-13(11-27)24-19-17(21)14-9-22-20(29)16(14)18(25-19)12-8-23-26(2)10-12/h3,9,11,15-16H,1-2,4-8,10,12H2,(H,24,30)(H,26,27);4,8,10,13H,1-2,5-7,9,11H2,3H3,(H,22,29)(H2,24,25,26);3,8,10,13H,1,4-7,9,11H2,2H3,(H,22,29)(H,24,25). The number of hydrogen-bond donors (Lipinski definition) is 7. The number of rotatable bonds is 16. The fraction of sp³-hybridized carbons (Fsp3) is 0.387. The Morgan fingerprint density at radius 3 is 1.49 bits per heavy atom. The number of pyridine rings is 3. The number of carbonyl (C=O) groups is 4. The van der Waals surface area contributed by atoms with Crippen molar-refractivity contribution in [1.82, 2.24) is 74.9 Å². The molecular weight excluding hydrogens is 1130 g/mol. The second-order valence-corrected chi connectivity index (χ2v) is 22.9. The van der Waals surface area contributed by atoms with Gasteiger partial charge in [-0.25, -0.2) is 28.1 Å². The van der Waals surface area contributed by atoms with E-state index in [1.54, 1.807) is 71.5 Å². The fourth-order valence-corrected chi connectivity index (χ4v) is 11.9. The molecule has 13 rings (SSSR count). The number of allylic oxidation sites excluding steroid dienone is 2. The van der Waals surface area contributed by atoms with Gasteiger partial charge in [-0.05, 0) is 76.0 Å². The second kappa shape index (κ2) is 25.7. The maximum atomic E-state index is 15.3. The first-order valence-electron chi connectivity index (χ1n) is 29.6. The van der Waals surface area contributed by atoms with Crippen molar-refractivity contribution in [2.75, 3.05) is 60.5 Å². The third-order valence-corrected chi connectivity index (χ3v) is 16.7.